The van der Waals surface area contributed by atoms with Gasteiger partial charge in [-0.1, -0.05) is 23.4 Å². The molecule has 0 aliphatic rings. The molecule has 0 atom stereocenters. The Morgan fingerprint density at radius 3 is 2.17 bits per heavy atom. The number of hydrogen-bond acceptors (Lipinski definition) is 4. The largest absolute Gasteiger partial charge is 0.316 e. The van der Waals surface area contributed by atoms with Crippen LogP contribution in [0.4, 0.5) is 11.4 Å². The van der Waals surface area contributed by atoms with Crippen LogP contribution in [-0.4, -0.2) is 15.7 Å². The van der Waals surface area contributed by atoms with Gasteiger partial charge in [-0.15, -0.1) is 0 Å². The molecule has 0 unspecified atom stereocenters. The van der Waals surface area contributed by atoms with Gasteiger partial charge in [-0.05, 0) is 72.8 Å². The Hall–Kier alpha value is -3.35. The van der Waals surface area contributed by atoms with Crippen molar-refractivity contribution in [3.05, 3.63) is 112 Å². The Morgan fingerprint density at radius 1 is 0.900 bits per heavy atom. The molecule has 30 heavy (non-hydrogen) atoms. The molecule has 0 saturated carbocycles. The first kappa shape index (κ1) is 19.9. The summed E-state index contributed by atoms with van der Waals surface area (Å²) in [4.78, 5) is 16.9. The van der Waals surface area contributed by atoms with E-state index >= 15 is 0 Å². The minimum absolute atomic E-state index is 0.0902. The third kappa shape index (κ3) is 4.79. The summed E-state index contributed by atoms with van der Waals surface area (Å²) in [5.74, 6) is 0. The SMILES string of the molecule is O=[N+]([O-])c1ccc(Sc2ccc(N=Cc3cccn3-c3ccc(Cl)cc3)cc2)cc1. The second-order valence-electron chi connectivity index (χ2n) is 6.38. The van der Waals surface area contributed by atoms with Gasteiger partial charge in [-0.2, -0.15) is 0 Å². The lowest BCUT2D eigenvalue weighted by Crippen LogP contribution is -1.97. The van der Waals surface area contributed by atoms with Crippen molar-refractivity contribution >= 4 is 41.0 Å². The zero-order valence-electron chi connectivity index (χ0n) is 15.7. The highest BCUT2D eigenvalue weighted by Crippen LogP contribution is 2.30. The summed E-state index contributed by atoms with van der Waals surface area (Å²) in [5.41, 5.74) is 2.90. The van der Waals surface area contributed by atoms with E-state index in [1.807, 2.05) is 77.6 Å². The normalized spacial score (nSPS) is 11.1. The summed E-state index contributed by atoms with van der Waals surface area (Å²) in [6.07, 6.45) is 3.81. The third-order valence-electron chi connectivity index (χ3n) is 4.35. The first-order valence-corrected chi connectivity index (χ1v) is 10.3. The molecule has 4 aromatic rings. The molecule has 0 aliphatic carbocycles. The number of benzene rings is 3. The summed E-state index contributed by atoms with van der Waals surface area (Å²) in [7, 11) is 0. The van der Waals surface area contributed by atoms with Crippen molar-refractivity contribution in [2.24, 2.45) is 4.99 Å². The Bertz CT molecular complexity index is 1180. The zero-order chi connectivity index (χ0) is 20.9. The van der Waals surface area contributed by atoms with Gasteiger partial charge in [-0.25, -0.2) is 0 Å². The van der Waals surface area contributed by atoms with Crippen LogP contribution in [0.25, 0.3) is 5.69 Å². The standard InChI is InChI=1S/C23H16ClN3O2S/c24-17-3-7-19(8-4-17)26-15-1-2-21(26)16-25-18-5-11-22(12-6-18)30-23-13-9-20(10-14-23)27(28)29/h1-16H. The highest BCUT2D eigenvalue weighted by molar-refractivity contribution is 7.99. The molecule has 148 valence electrons. The molecule has 1 heterocycles. The average molecular weight is 434 g/mol. The highest BCUT2D eigenvalue weighted by atomic mass is 35.5. The molecule has 0 spiro atoms. The highest BCUT2D eigenvalue weighted by Gasteiger charge is 2.05. The monoisotopic (exact) mass is 433 g/mol. The fraction of sp³-hybridized carbons (Fsp3) is 0. The second-order valence-corrected chi connectivity index (χ2v) is 7.97. The number of non-ortho nitro benzene ring substituents is 1. The van der Waals surface area contributed by atoms with Crippen LogP contribution in [0.15, 0.2) is 106 Å². The van der Waals surface area contributed by atoms with Gasteiger partial charge >= 0.3 is 0 Å². The summed E-state index contributed by atoms with van der Waals surface area (Å²) < 4.78 is 2.04. The molecule has 1 aromatic heterocycles. The van der Waals surface area contributed by atoms with Crippen LogP contribution in [0.2, 0.25) is 5.02 Å². The van der Waals surface area contributed by atoms with E-state index in [1.165, 1.54) is 12.1 Å². The van der Waals surface area contributed by atoms with Crippen molar-refractivity contribution in [1.29, 1.82) is 0 Å². The van der Waals surface area contributed by atoms with E-state index in [0.29, 0.717) is 5.02 Å². The molecule has 0 fully saturated rings. The molecule has 0 saturated heterocycles. The number of nitro groups is 1. The molecular weight excluding hydrogens is 418 g/mol. The minimum atomic E-state index is -0.398. The quantitative estimate of drug-likeness (QED) is 0.188. The van der Waals surface area contributed by atoms with Gasteiger partial charge < -0.3 is 4.57 Å². The van der Waals surface area contributed by atoms with Crippen LogP contribution in [0.3, 0.4) is 0 Å². The maximum atomic E-state index is 10.7. The summed E-state index contributed by atoms with van der Waals surface area (Å²) in [6.45, 7) is 0. The van der Waals surface area contributed by atoms with Crippen LogP contribution in [0, 0.1) is 10.1 Å². The molecule has 0 N–H and O–H groups in total. The van der Waals surface area contributed by atoms with Crippen LogP contribution >= 0.6 is 23.4 Å². The second kappa shape index (κ2) is 8.98. The smallest absolute Gasteiger partial charge is 0.269 e. The molecule has 0 bridgehead atoms. The third-order valence-corrected chi connectivity index (χ3v) is 5.62. The Balaban J connectivity index is 1.45. The Kier molecular flexibility index (Phi) is 5.97. The molecule has 7 heteroatoms. The number of hydrogen-bond donors (Lipinski definition) is 0. The first-order valence-electron chi connectivity index (χ1n) is 9.08. The van der Waals surface area contributed by atoms with Crippen molar-refractivity contribution < 1.29 is 4.92 Å². The van der Waals surface area contributed by atoms with E-state index in [9.17, 15) is 10.1 Å². The van der Waals surface area contributed by atoms with E-state index in [4.69, 9.17) is 11.6 Å². The van der Waals surface area contributed by atoms with E-state index in [1.54, 1.807) is 23.9 Å². The minimum Gasteiger partial charge on any atom is -0.316 e. The van der Waals surface area contributed by atoms with Gasteiger partial charge in [0.25, 0.3) is 5.69 Å². The van der Waals surface area contributed by atoms with Gasteiger partial charge in [0.05, 0.1) is 22.5 Å². The number of aliphatic imine (C=N–C) groups is 1. The van der Waals surface area contributed by atoms with Crippen molar-refractivity contribution in [2.75, 3.05) is 0 Å². The Labute approximate surface area is 182 Å². The molecule has 0 amide bonds. The van der Waals surface area contributed by atoms with Gasteiger partial charge in [0.1, 0.15) is 0 Å². The van der Waals surface area contributed by atoms with Crippen molar-refractivity contribution in [2.45, 2.75) is 9.79 Å². The lowest BCUT2D eigenvalue weighted by Gasteiger charge is -2.06. The number of nitro benzene ring substituents is 1. The maximum absolute atomic E-state index is 10.7. The van der Waals surface area contributed by atoms with Gasteiger partial charge in [0, 0.05) is 38.8 Å². The van der Waals surface area contributed by atoms with Crippen LogP contribution in [0.1, 0.15) is 5.69 Å². The van der Waals surface area contributed by atoms with Gasteiger partial charge in [0.2, 0.25) is 0 Å². The lowest BCUT2D eigenvalue weighted by atomic mass is 10.3. The molecule has 5 nitrogen and oxygen atoms in total. The zero-order valence-corrected chi connectivity index (χ0v) is 17.3. The fourth-order valence-electron chi connectivity index (χ4n) is 2.85. The topological polar surface area (TPSA) is 60.4 Å². The van der Waals surface area contributed by atoms with Crippen molar-refractivity contribution in [1.82, 2.24) is 4.57 Å². The van der Waals surface area contributed by atoms with E-state index in [2.05, 4.69) is 4.99 Å². The number of nitrogens with zero attached hydrogens (tertiary/aromatic N) is 3. The molecule has 0 radical (unpaired) electrons. The number of rotatable bonds is 6. The van der Waals surface area contributed by atoms with Gasteiger partial charge in [-0.3, -0.25) is 15.1 Å². The Morgan fingerprint density at radius 2 is 1.53 bits per heavy atom. The molecular formula is C23H16ClN3O2S. The van der Waals surface area contributed by atoms with Crippen LogP contribution < -0.4 is 0 Å². The predicted molar refractivity (Wildman–Crippen MR) is 122 cm³/mol. The van der Waals surface area contributed by atoms with Crippen molar-refractivity contribution in [3.8, 4) is 5.69 Å². The van der Waals surface area contributed by atoms with E-state index in [0.717, 1.165) is 26.9 Å². The maximum Gasteiger partial charge on any atom is 0.269 e. The van der Waals surface area contributed by atoms with Crippen LogP contribution in [-0.2, 0) is 0 Å². The van der Waals surface area contributed by atoms with Crippen LogP contribution in [0.5, 0.6) is 0 Å². The van der Waals surface area contributed by atoms with Gasteiger partial charge in [0.15, 0.2) is 0 Å². The van der Waals surface area contributed by atoms with Crippen molar-refractivity contribution in [3.63, 3.8) is 0 Å². The first-order chi connectivity index (χ1) is 14.6. The fourth-order valence-corrected chi connectivity index (χ4v) is 3.79. The summed E-state index contributed by atoms with van der Waals surface area (Å²) >= 11 is 7.52. The molecule has 3 aromatic carbocycles. The van der Waals surface area contributed by atoms with E-state index in [-0.39, 0.29) is 5.69 Å². The molecule has 0 aliphatic heterocycles. The average Bonchev–Trinajstić information content (AvgIpc) is 3.23. The summed E-state index contributed by atoms with van der Waals surface area (Å²) in [5, 5.41) is 11.5. The number of halogens is 1. The summed E-state index contributed by atoms with van der Waals surface area (Å²) in [6, 6.07) is 26.0. The lowest BCUT2D eigenvalue weighted by molar-refractivity contribution is -0.384. The number of aromatic nitrogens is 1. The predicted octanol–water partition coefficient (Wildman–Crippen LogP) is 6.94. The molecule has 4 rings (SSSR count). The van der Waals surface area contributed by atoms with E-state index < -0.39 is 4.92 Å².